The lowest BCUT2D eigenvalue weighted by Crippen LogP contribution is -2.39. The maximum absolute atomic E-state index is 12.8. The van der Waals surface area contributed by atoms with Crippen LogP contribution in [0, 0.1) is 6.92 Å². The second kappa shape index (κ2) is 6.32. The summed E-state index contributed by atoms with van der Waals surface area (Å²) in [6.07, 6.45) is 9.06. The van der Waals surface area contributed by atoms with Crippen LogP contribution in [0.2, 0.25) is 0 Å². The van der Waals surface area contributed by atoms with Crippen molar-refractivity contribution in [3.63, 3.8) is 0 Å². The number of carbonyl (C=O) groups is 1. The summed E-state index contributed by atoms with van der Waals surface area (Å²) in [4.78, 5) is 28.1. The minimum atomic E-state index is 0.0349. The SMILES string of the molecule is Cc1nc(CC(=O)N2CCCC[C@H]2c2ccn3ccnc3n2)cs1. The summed E-state index contributed by atoms with van der Waals surface area (Å²) in [5.41, 5.74) is 1.79. The van der Waals surface area contributed by atoms with Crippen LogP contribution >= 0.6 is 11.3 Å². The molecule has 3 aromatic heterocycles. The largest absolute Gasteiger partial charge is 0.334 e. The lowest BCUT2D eigenvalue weighted by Gasteiger charge is -2.35. The van der Waals surface area contributed by atoms with Gasteiger partial charge >= 0.3 is 0 Å². The van der Waals surface area contributed by atoms with Gasteiger partial charge in [0.05, 0.1) is 28.9 Å². The molecule has 0 saturated carbocycles. The molecular weight excluding hydrogens is 322 g/mol. The predicted octanol–water partition coefficient (Wildman–Crippen LogP) is 2.79. The van der Waals surface area contributed by atoms with Crippen molar-refractivity contribution in [3.8, 4) is 0 Å². The van der Waals surface area contributed by atoms with E-state index in [0.29, 0.717) is 12.2 Å². The number of piperidine rings is 1. The van der Waals surface area contributed by atoms with Gasteiger partial charge in [-0.15, -0.1) is 11.3 Å². The summed E-state index contributed by atoms with van der Waals surface area (Å²) in [5, 5.41) is 2.97. The van der Waals surface area contributed by atoms with Crippen LogP contribution in [-0.4, -0.2) is 36.7 Å². The van der Waals surface area contributed by atoms with Crippen LogP contribution in [0.15, 0.2) is 30.0 Å². The third-order valence-electron chi connectivity index (χ3n) is 4.45. The number of thiazole rings is 1. The number of aromatic nitrogens is 4. The molecule has 0 unspecified atom stereocenters. The first-order valence-corrected chi connectivity index (χ1v) is 9.09. The minimum Gasteiger partial charge on any atom is -0.334 e. The molecule has 7 heteroatoms. The van der Waals surface area contributed by atoms with E-state index in [9.17, 15) is 4.79 Å². The van der Waals surface area contributed by atoms with E-state index in [1.54, 1.807) is 17.5 Å². The van der Waals surface area contributed by atoms with E-state index in [1.807, 2.05) is 40.1 Å². The van der Waals surface area contributed by atoms with Crippen molar-refractivity contribution in [2.45, 2.75) is 38.6 Å². The van der Waals surface area contributed by atoms with Gasteiger partial charge in [-0.3, -0.25) is 9.20 Å². The van der Waals surface area contributed by atoms with Crippen LogP contribution in [0.4, 0.5) is 0 Å². The number of hydrogen-bond acceptors (Lipinski definition) is 5. The Hall–Kier alpha value is -2.28. The van der Waals surface area contributed by atoms with Gasteiger partial charge in [0.2, 0.25) is 11.7 Å². The summed E-state index contributed by atoms with van der Waals surface area (Å²) < 4.78 is 1.89. The van der Waals surface area contributed by atoms with Crippen LogP contribution in [-0.2, 0) is 11.2 Å². The van der Waals surface area contributed by atoms with E-state index < -0.39 is 0 Å². The molecule has 0 radical (unpaired) electrons. The summed E-state index contributed by atoms with van der Waals surface area (Å²) in [6, 6.07) is 2.03. The fourth-order valence-corrected chi connectivity index (χ4v) is 3.90. The van der Waals surface area contributed by atoms with Crippen molar-refractivity contribution in [2.75, 3.05) is 6.54 Å². The molecule has 0 bridgehead atoms. The highest BCUT2D eigenvalue weighted by atomic mass is 32.1. The Morgan fingerprint density at radius 3 is 3.08 bits per heavy atom. The first-order valence-electron chi connectivity index (χ1n) is 8.21. The Labute approximate surface area is 144 Å². The van der Waals surface area contributed by atoms with Crippen molar-refractivity contribution < 1.29 is 4.79 Å². The Morgan fingerprint density at radius 2 is 2.25 bits per heavy atom. The molecule has 0 aliphatic carbocycles. The highest BCUT2D eigenvalue weighted by molar-refractivity contribution is 7.09. The Kier molecular flexibility index (Phi) is 4.02. The number of aryl methyl sites for hydroxylation is 1. The van der Waals surface area contributed by atoms with Gasteiger partial charge in [-0.1, -0.05) is 0 Å². The maximum atomic E-state index is 12.8. The smallest absolute Gasteiger partial charge is 0.233 e. The zero-order valence-corrected chi connectivity index (χ0v) is 14.4. The van der Waals surface area contributed by atoms with Crippen LogP contribution in [0.1, 0.15) is 41.7 Å². The lowest BCUT2D eigenvalue weighted by atomic mass is 9.98. The molecule has 1 aliphatic rings. The Morgan fingerprint density at radius 1 is 1.33 bits per heavy atom. The third kappa shape index (κ3) is 2.91. The normalized spacial score (nSPS) is 18.2. The average molecular weight is 341 g/mol. The van der Waals surface area contributed by atoms with E-state index in [1.165, 1.54) is 0 Å². The molecule has 4 rings (SSSR count). The number of imidazole rings is 1. The van der Waals surface area contributed by atoms with E-state index in [2.05, 4.69) is 15.0 Å². The molecule has 3 aromatic rings. The highest BCUT2D eigenvalue weighted by Crippen LogP contribution is 2.30. The number of hydrogen-bond donors (Lipinski definition) is 0. The molecule has 24 heavy (non-hydrogen) atoms. The van der Waals surface area contributed by atoms with E-state index >= 15 is 0 Å². The highest BCUT2D eigenvalue weighted by Gasteiger charge is 2.29. The molecule has 1 saturated heterocycles. The second-order valence-corrected chi connectivity index (χ2v) is 7.18. The third-order valence-corrected chi connectivity index (χ3v) is 5.27. The van der Waals surface area contributed by atoms with E-state index in [-0.39, 0.29) is 11.9 Å². The Balaban J connectivity index is 1.58. The molecule has 0 aromatic carbocycles. The summed E-state index contributed by atoms with van der Waals surface area (Å²) in [7, 11) is 0. The summed E-state index contributed by atoms with van der Waals surface area (Å²) >= 11 is 1.59. The number of rotatable bonds is 3. The number of carbonyl (C=O) groups excluding carboxylic acids is 1. The van der Waals surface area contributed by atoms with Gasteiger partial charge in [0.15, 0.2) is 0 Å². The fraction of sp³-hybridized carbons (Fsp3) is 0.412. The zero-order valence-electron chi connectivity index (χ0n) is 13.6. The standard InChI is InChI=1S/C17H19N5OS/c1-12-19-13(11-24-12)10-16(23)22-7-3-2-4-15(22)14-5-8-21-9-6-18-17(21)20-14/h5-6,8-9,11,15H,2-4,7,10H2,1H3/t15-/m0/s1. The zero-order chi connectivity index (χ0) is 16.5. The summed E-state index contributed by atoms with van der Waals surface area (Å²) in [5.74, 6) is 0.815. The minimum absolute atomic E-state index is 0.0349. The molecule has 1 aliphatic heterocycles. The summed E-state index contributed by atoms with van der Waals surface area (Å²) in [6.45, 7) is 2.75. The van der Waals surface area contributed by atoms with Gasteiger partial charge in [0, 0.05) is 30.5 Å². The predicted molar refractivity (Wildman–Crippen MR) is 91.8 cm³/mol. The first kappa shape index (κ1) is 15.3. The maximum Gasteiger partial charge on any atom is 0.233 e. The van der Waals surface area contributed by atoms with Crippen molar-refractivity contribution in [2.24, 2.45) is 0 Å². The average Bonchev–Trinajstić information content (AvgIpc) is 3.22. The monoisotopic (exact) mass is 341 g/mol. The molecule has 4 heterocycles. The van der Waals surface area contributed by atoms with Crippen LogP contribution in [0.25, 0.3) is 5.78 Å². The molecule has 124 valence electrons. The lowest BCUT2D eigenvalue weighted by molar-refractivity contribution is -0.134. The second-order valence-electron chi connectivity index (χ2n) is 6.12. The van der Waals surface area contributed by atoms with E-state index in [0.717, 1.165) is 42.2 Å². The molecule has 6 nitrogen and oxygen atoms in total. The molecule has 1 amide bonds. The van der Waals surface area contributed by atoms with E-state index in [4.69, 9.17) is 0 Å². The number of fused-ring (bicyclic) bond motifs is 1. The van der Waals surface area contributed by atoms with Crippen LogP contribution in [0.5, 0.6) is 0 Å². The number of amides is 1. The van der Waals surface area contributed by atoms with Gasteiger partial charge in [-0.2, -0.15) is 0 Å². The van der Waals surface area contributed by atoms with Gasteiger partial charge in [0.1, 0.15) is 0 Å². The quantitative estimate of drug-likeness (QED) is 0.735. The number of likely N-dealkylation sites (tertiary alicyclic amines) is 1. The van der Waals surface area contributed by atoms with Crippen LogP contribution < -0.4 is 0 Å². The Bertz CT molecular complexity index is 871. The molecule has 1 atom stereocenters. The van der Waals surface area contributed by atoms with Gasteiger partial charge in [-0.05, 0) is 32.3 Å². The molecule has 0 spiro atoms. The van der Waals surface area contributed by atoms with Gasteiger partial charge < -0.3 is 4.90 Å². The van der Waals surface area contributed by atoms with Crippen molar-refractivity contribution in [1.82, 2.24) is 24.3 Å². The molecule has 1 fully saturated rings. The first-order chi connectivity index (χ1) is 11.7. The molecular formula is C17H19N5OS. The van der Waals surface area contributed by atoms with Crippen molar-refractivity contribution >= 4 is 23.0 Å². The number of nitrogens with zero attached hydrogens (tertiary/aromatic N) is 5. The van der Waals surface area contributed by atoms with Crippen LogP contribution in [0.3, 0.4) is 0 Å². The van der Waals surface area contributed by atoms with Gasteiger partial charge in [0.25, 0.3) is 0 Å². The van der Waals surface area contributed by atoms with Gasteiger partial charge in [-0.25, -0.2) is 15.0 Å². The fourth-order valence-electron chi connectivity index (χ4n) is 3.29. The van der Waals surface area contributed by atoms with Crippen molar-refractivity contribution in [3.05, 3.63) is 46.4 Å². The van der Waals surface area contributed by atoms with Crippen molar-refractivity contribution in [1.29, 1.82) is 0 Å². The molecule has 0 N–H and O–H groups in total. The topological polar surface area (TPSA) is 63.4 Å².